The lowest BCUT2D eigenvalue weighted by Gasteiger charge is -2.40. The van der Waals surface area contributed by atoms with E-state index in [0.29, 0.717) is 12.5 Å². The second kappa shape index (κ2) is 9.85. The second-order valence-electron chi connectivity index (χ2n) is 12.5. The summed E-state index contributed by atoms with van der Waals surface area (Å²) in [6.45, 7) is 13.9. The van der Waals surface area contributed by atoms with Gasteiger partial charge in [0.1, 0.15) is 12.4 Å². The number of piperidine rings is 1. The third-order valence-electron chi connectivity index (χ3n) is 8.08. The maximum Gasteiger partial charge on any atom is 0.225 e. The van der Waals surface area contributed by atoms with Gasteiger partial charge in [-0.15, -0.1) is 0 Å². The summed E-state index contributed by atoms with van der Waals surface area (Å²) in [4.78, 5) is 11.1. The molecule has 2 fully saturated rings. The Morgan fingerprint density at radius 3 is 2.55 bits per heavy atom. The molecule has 0 bridgehead atoms. The van der Waals surface area contributed by atoms with Crippen molar-refractivity contribution in [2.24, 2.45) is 5.41 Å². The molecule has 0 radical (unpaired) electrons. The summed E-state index contributed by atoms with van der Waals surface area (Å²) >= 11 is 0. The number of anilines is 2. The van der Waals surface area contributed by atoms with Crippen LogP contribution >= 0.6 is 0 Å². The number of nitrogens with two attached hydrogens (primary N) is 1. The summed E-state index contributed by atoms with van der Waals surface area (Å²) < 4.78 is 8.10. The smallest absolute Gasteiger partial charge is 0.225 e. The molecule has 2 aliphatic rings. The Balaban J connectivity index is 1.29. The molecular weight excluding hydrogens is 478 g/mol. The molecule has 2 aliphatic heterocycles. The van der Waals surface area contributed by atoms with Crippen molar-refractivity contribution in [1.29, 1.82) is 0 Å². The lowest BCUT2D eigenvalue weighted by atomic mass is 9.74. The first-order valence-electron chi connectivity index (χ1n) is 13.5. The standard InChI is InChI=1S/C29H41N7O2/c1-20-6-7-21(22(14-20)36-11-8-23(34-36)27(2,3)4)16-38-25-15-24(32-26(30)33-25)35-12-9-29(10-13-35)17-28(5,19-37)31-18-29/h6-8,11,14-15,31,37H,9-10,12-13,16-19H2,1-5H3,(H2,30,32,33). The zero-order chi connectivity index (χ0) is 27.1. The highest BCUT2D eigenvalue weighted by molar-refractivity contribution is 5.47. The molecule has 1 atom stereocenters. The van der Waals surface area contributed by atoms with Crippen LogP contribution in [-0.2, 0) is 12.0 Å². The fourth-order valence-electron chi connectivity index (χ4n) is 5.71. The number of hydrogen-bond donors (Lipinski definition) is 3. The average molecular weight is 520 g/mol. The van der Waals surface area contributed by atoms with E-state index in [1.165, 1.54) is 0 Å². The Labute approximate surface area is 225 Å². The molecule has 0 amide bonds. The van der Waals surface area contributed by atoms with Crippen LogP contribution in [0.1, 0.15) is 63.8 Å². The Morgan fingerprint density at radius 2 is 1.89 bits per heavy atom. The van der Waals surface area contributed by atoms with Crippen molar-refractivity contribution < 1.29 is 9.84 Å². The fraction of sp³-hybridized carbons (Fsp3) is 0.552. The number of aliphatic hydroxyl groups excluding tert-OH is 1. The van der Waals surface area contributed by atoms with E-state index in [0.717, 1.165) is 67.2 Å². The highest BCUT2D eigenvalue weighted by Crippen LogP contribution is 2.43. The summed E-state index contributed by atoms with van der Waals surface area (Å²) in [5, 5.41) is 18.1. The van der Waals surface area contributed by atoms with E-state index in [-0.39, 0.29) is 28.9 Å². The summed E-state index contributed by atoms with van der Waals surface area (Å²) in [5.74, 6) is 1.47. The molecule has 3 aromatic rings. The van der Waals surface area contributed by atoms with Crippen molar-refractivity contribution in [3.8, 4) is 11.6 Å². The Morgan fingerprint density at radius 1 is 1.13 bits per heavy atom. The van der Waals surface area contributed by atoms with E-state index in [9.17, 15) is 5.11 Å². The minimum Gasteiger partial charge on any atom is -0.473 e. The van der Waals surface area contributed by atoms with Crippen LogP contribution in [0.3, 0.4) is 0 Å². The van der Waals surface area contributed by atoms with Gasteiger partial charge in [0, 0.05) is 48.4 Å². The molecule has 1 aromatic carbocycles. The van der Waals surface area contributed by atoms with E-state index in [2.05, 4.69) is 79.1 Å². The largest absolute Gasteiger partial charge is 0.473 e. The SMILES string of the molecule is Cc1ccc(COc2cc(N3CCC4(CC3)CNC(C)(CO)C4)nc(N)n2)c(-n2ccc(C(C)(C)C)n2)c1. The molecular formula is C29H41N7O2. The summed E-state index contributed by atoms with van der Waals surface area (Å²) in [5.41, 5.74) is 10.3. The Bertz CT molecular complexity index is 1290. The monoisotopic (exact) mass is 519 g/mol. The minimum atomic E-state index is -0.179. The maximum atomic E-state index is 9.77. The first kappa shape index (κ1) is 26.4. The van der Waals surface area contributed by atoms with E-state index >= 15 is 0 Å². The zero-order valence-electron chi connectivity index (χ0n) is 23.3. The Hall–Kier alpha value is -3.17. The van der Waals surface area contributed by atoms with Crippen molar-refractivity contribution in [3.05, 3.63) is 53.3 Å². The summed E-state index contributed by atoms with van der Waals surface area (Å²) in [6.07, 6.45) is 5.09. The van der Waals surface area contributed by atoms with Gasteiger partial charge in [0.25, 0.3) is 0 Å². The van der Waals surface area contributed by atoms with E-state index in [1.54, 1.807) is 0 Å². The summed E-state index contributed by atoms with van der Waals surface area (Å²) in [7, 11) is 0. The highest BCUT2D eigenvalue weighted by Gasteiger charge is 2.46. The molecule has 0 aliphatic carbocycles. The summed E-state index contributed by atoms with van der Waals surface area (Å²) in [6, 6.07) is 10.2. The van der Waals surface area contributed by atoms with Crippen LogP contribution < -0.4 is 20.7 Å². The van der Waals surface area contributed by atoms with Crippen LogP contribution in [0.25, 0.3) is 5.69 Å². The first-order valence-corrected chi connectivity index (χ1v) is 13.5. The van der Waals surface area contributed by atoms with Crippen LogP contribution in [0.15, 0.2) is 36.5 Å². The van der Waals surface area contributed by atoms with Gasteiger partial charge in [-0.1, -0.05) is 32.9 Å². The third kappa shape index (κ3) is 5.49. The van der Waals surface area contributed by atoms with Crippen molar-refractivity contribution in [3.63, 3.8) is 0 Å². The van der Waals surface area contributed by atoms with Crippen LogP contribution in [-0.4, -0.2) is 56.6 Å². The molecule has 9 nitrogen and oxygen atoms in total. The van der Waals surface area contributed by atoms with E-state index in [4.69, 9.17) is 15.6 Å². The lowest BCUT2D eigenvalue weighted by Crippen LogP contribution is -2.41. The molecule has 2 saturated heterocycles. The van der Waals surface area contributed by atoms with Gasteiger partial charge >= 0.3 is 0 Å². The Kier molecular flexibility index (Phi) is 6.86. The number of rotatable bonds is 6. The van der Waals surface area contributed by atoms with Crippen molar-refractivity contribution >= 4 is 11.8 Å². The molecule has 1 unspecified atom stereocenters. The molecule has 38 heavy (non-hydrogen) atoms. The number of nitrogens with one attached hydrogen (secondary N) is 1. The van der Waals surface area contributed by atoms with Crippen LogP contribution in [0.2, 0.25) is 0 Å². The van der Waals surface area contributed by atoms with Gasteiger partial charge in [0.2, 0.25) is 11.8 Å². The molecule has 2 aromatic heterocycles. The quantitative estimate of drug-likeness (QED) is 0.451. The molecule has 9 heteroatoms. The topological polar surface area (TPSA) is 114 Å². The number of hydrogen-bond acceptors (Lipinski definition) is 8. The van der Waals surface area contributed by atoms with Gasteiger partial charge in [-0.3, -0.25) is 0 Å². The van der Waals surface area contributed by atoms with Crippen molar-refractivity contribution in [2.75, 3.05) is 36.9 Å². The van der Waals surface area contributed by atoms with E-state index < -0.39 is 0 Å². The van der Waals surface area contributed by atoms with Gasteiger partial charge in [-0.05, 0) is 56.2 Å². The highest BCUT2D eigenvalue weighted by atomic mass is 16.5. The molecule has 204 valence electrons. The number of benzene rings is 1. The van der Waals surface area contributed by atoms with Crippen molar-refractivity contribution in [1.82, 2.24) is 25.1 Å². The molecule has 4 N–H and O–H groups in total. The molecule has 0 saturated carbocycles. The van der Waals surface area contributed by atoms with Gasteiger partial charge in [-0.25, -0.2) is 4.68 Å². The molecule has 1 spiro atoms. The van der Waals surface area contributed by atoms with Gasteiger partial charge in [0.15, 0.2) is 0 Å². The number of aromatic nitrogens is 4. The van der Waals surface area contributed by atoms with Gasteiger partial charge in [0.05, 0.1) is 18.0 Å². The molecule has 5 rings (SSSR count). The second-order valence-corrected chi connectivity index (χ2v) is 12.5. The predicted octanol–water partition coefficient (Wildman–Crippen LogP) is 3.76. The molecule has 4 heterocycles. The normalized spacial score (nSPS) is 21.3. The lowest BCUT2D eigenvalue weighted by molar-refractivity contribution is 0.166. The number of ether oxygens (including phenoxy) is 1. The zero-order valence-corrected chi connectivity index (χ0v) is 23.3. The number of nitrogen functional groups attached to an aromatic ring is 1. The van der Waals surface area contributed by atoms with Crippen LogP contribution in [0.4, 0.5) is 11.8 Å². The first-order chi connectivity index (χ1) is 18.0. The third-order valence-corrected chi connectivity index (χ3v) is 8.08. The number of nitrogens with zero attached hydrogens (tertiary/aromatic N) is 5. The average Bonchev–Trinajstić information content (AvgIpc) is 3.50. The fourth-order valence-corrected chi connectivity index (χ4v) is 5.71. The number of aliphatic hydroxyl groups is 1. The van der Waals surface area contributed by atoms with Gasteiger partial charge < -0.3 is 25.8 Å². The van der Waals surface area contributed by atoms with E-state index in [1.807, 2.05) is 16.9 Å². The van der Waals surface area contributed by atoms with Crippen LogP contribution in [0, 0.1) is 12.3 Å². The number of aryl methyl sites for hydroxylation is 1. The predicted molar refractivity (Wildman–Crippen MR) is 150 cm³/mol. The van der Waals surface area contributed by atoms with Crippen LogP contribution in [0.5, 0.6) is 5.88 Å². The van der Waals surface area contributed by atoms with Gasteiger partial charge in [-0.2, -0.15) is 15.1 Å². The maximum absolute atomic E-state index is 9.77. The van der Waals surface area contributed by atoms with Crippen molar-refractivity contribution in [2.45, 2.75) is 71.4 Å². The minimum absolute atomic E-state index is 0.0263.